The van der Waals surface area contributed by atoms with Crippen molar-refractivity contribution in [3.05, 3.63) is 77.0 Å². The summed E-state index contributed by atoms with van der Waals surface area (Å²) < 4.78 is 94.2. The summed E-state index contributed by atoms with van der Waals surface area (Å²) in [5.41, 5.74) is -5.35. The number of alkyl halides is 6. The number of rotatable bonds is 5. The Morgan fingerprint density at radius 3 is 2.26 bits per heavy atom. The average molecular weight is 486 g/mol. The average Bonchev–Trinajstić information content (AvgIpc) is 3.25. The zero-order valence-corrected chi connectivity index (χ0v) is 16.8. The lowest BCUT2D eigenvalue weighted by Crippen LogP contribution is -2.35. The second-order valence-electron chi connectivity index (χ2n) is 6.78. The Hall–Kier alpha value is -3.92. The summed E-state index contributed by atoms with van der Waals surface area (Å²) in [6.07, 6.45) is -9.63. The van der Waals surface area contributed by atoms with Crippen molar-refractivity contribution in [3.8, 4) is 11.9 Å². The first-order valence-electron chi connectivity index (χ1n) is 9.34. The number of carbonyl (C=O) groups is 1. The lowest BCUT2D eigenvalue weighted by Gasteiger charge is -2.23. The summed E-state index contributed by atoms with van der Waals surface area (Å²) in [7, 11) is 0. The lowest BCUT2D eigenvalue weighted by atomic mass is 10.1. The van der Waals surface area contributed by atoms with Crippen molar-refractivity contribution in [2.75, 3.05) is 18.1 Å². The molecule has 1 aromatic carbocycles. The third-order valence-electron chi connectivity index (χ3n) is 4.61. The van der Waals surface area contributed by atoms with Gasteiger partial charge >= 0.3 is 12.4 Å². The van der Waals surface area contributed by atoms with E-state index in [2.05, 4.69) is 4.98 Å². The third kappa shape index (κ3) is 4.86. The Morgan fingerprint density at radius 1 is 1.09 bits per heavy atom. The van der Waals surface area contributed by atoms with Crippen molar-refractivity contribution < 1.29 is 40.6 Å². The van der Waals surface area contributed by atoms with Crippen LogP contribution in [0.1, 0.15) is 27.3 Å². The number of amides is 1. The highest BCUT2D eigenvalue weighted by Crippen LogP contribution is 2.38. The highest BCUT2D eigenvalue weighted by atomic mass is 19.4. The van der Waals surface area contributed by atoms with Gasteiger partial charge in [0.15, 0.2) is 5.82 Å². The number of carbonyl (C=O) groups excluding carboxylic acids is 1. The third-order valence-corrected chi connectivity index (χ3v) is 4.61. The monoisotopic (exact) mass is 486 g/mol. The van der Waals surface area contributed by atoms with Crippen LogP contribution in [0.25, 0.3) is 5.82 Å². The molecule has 34 heavy (non-hydrogen) atoms. The van der Waals surface area contributed by atoms with Crippen molar-refractivity contribution in [1.29, 1.82) is 5.26 Å². The van der Waals surface area contributed by atoms with Gasteiger partial charge < -0.3 is 10.0 Å². The van der Waals surface area contributed by atoms with E-state index in [4.69, 9.17) is 0 Å². The number of aliphatic hydroxyl groups excluding tert-OH is 1. The van der Waals surface area contributed by atoms with Crippen LogP contribution < -0.4 is 4.90 Å². The van der Waals surface area contributed by atoms with Gasteiger partial charge in [0.25, 0.3) is 5.91 Å². The van der Waals surface area contributed by atoms with Crippen LogP contribution in [0.3, 0.4) is 0 Å². The molecule has 3 rings (SSSR count). The topological polar surface area (TPSA) is 82.2 Å². The molecule has 0 saturated carbocycles. The molecule has 0 aliphatic heterocycles. The molecule has 0 bridgehead atoms. The molecule has 0 saturated heterocycles. The molecule has 13 heteroatoms. The molecule has 0 aliphatic carbocycles. The van der Waals surface area contributed by atoms with Crippen LogP contribution in [0.2, 0.25) is 0 Å². The van der Waals surface area contributed by atoms with E-state index in [1.807, 2.05) is 0 Å². The van der Waals surface area contributed by atoms with Gasteiger partial charge in [-0.25, -0.2) is 9.37 Å². The molecule has 1 amide bonds. The molecule has 0 unspecified atom stereocenters. The van der Waals surface area contributed by atoms with Crippen molar-refractivity contribution in [2.24, 2.45) is 0 Å². The predicted molar refractivity (Wildman–Crippen MR) is 103 cm³/mol. The Kier molecular flexibility index (Phi) is 6.65. The second kappa shape index (κ2) is 9.14. The fourth-order valence-corrected chi connectivity index (χ4v) is 3.13. The fourth-order valence-electron chi connectivity index (χ4n) is 3.13. The lowest BCUT2D eigenvalue weighted by molar-refractivity contribution is -0.145. The number of aliphatic hydroxyl groups is 1. The molecule has 0 radical (unpaired) electrons. The first kappa shape index (κ1) is 24.7. The van der Waals surface area contributed by atoms with Gasteiger partial charge in [0.1, 0.15) is 28.8 Å². The molecule has 6 nitrogen and oxygen atoms in total. The van der Waals surface area contributed by atoms with Gasteiger partial charge in [-0.2, -0.15) is 31.6 Å². The number of aromatic nitrogens is 2. The summed E-state index contributed by atoms with van der Waals surface area (Å²) in [5, 5.41) is 18.7. The van der Waals surface area contributed by atoms with Gasteiger partial charge in [-0.05, 0) is 42.5 Å². The smallest absolute Gasteiger partial charge is 0.395 e. The number of anilines is 1. The molecule has 0 aliphatic rings. The Balaban J connectivity index is 2.22. The number of hydrogen-bond acceptors (Lipinski definition) is 4. The van der Waals surface area contributed by atoms with Crippen molar-refractivity contribution in [3.63, 3.8) is 0 Å². The van der Waals surface area contributed by atoms with Gasteiger partial charge in [-0.3, -0.25) is 9.36 Å². The van der Waals surface area contributed by atoms with Crippen LogP contribution in [0.5, 0.6) is 0 Å². The molecule has 1 N–H and O–H groups in total. The minimum absolute atomic E-state index is 0.0988. The zero-order valence-electron chi connectivity index (χ0n) is 16.8. The van der Waals surface area contributed by atoms with Crippen LogP contribution in [0.4, 0.5) is 36.4 Å². The van der Waals surface area contributed by atoms with E-state index in [1.165, 1.54) is 18.2 Å². The van der Waals surface area contributed by atoms with Gasteiger partial charge in [-0.15, -0.1) is 0 Å². The maximum atomic E-state index is 13.5. The molecular weight excluding hydrogens is 473 g/mol. The van der Waals surface area contributed by atoms with Gasteiger partial charge in [0.2, 0.25) is 0 Å². The summed E-state index contributed by atoms with van der Waals surface area (Å²) in [6, 6.07) is 7.62. The van der Waals surface area contributed by atoms with Gasteiger partial charge in [0, 0.05) is 18.4 Å². The molecule has 0 spiro atoms. The second-order valence-corrected chi connectivity index (χ2v) is 6.78. The normalized spacial score (nSPS) is 11.9. The Morgan fingerprint density at radius 2 is 1.74 bits per heavy atom. The first-order chi connectivity index (χ1) is 15.9. The quantitative estimate of drug-likeness (QED) is 0.537. The zero-order chi connectivity index (χ0) is 25.3. The van der Waals surface area contributed by atoms with E-state index in [0.717, 1.165) is 35.4 Å². The van der Waals surface area contributed by atoms with Crippen molar-refractivity contribution in [1.82, 2.24) is 9.55 Å². The summed E-state index contributed by atoms with van der Waals surface area (Å²) in [6.45, 7) is -0.891. The molecular formula is C21H13F7N4O2. The van der Waals surface area contributed by atoms with Gasteiger partial charge in [0.05, 0.1) is 12.2 Å². The van der Waals surface area contributed by atoms with Crippen molar-refractivity contribution in [2.45, 2.75) is 12.4 Å². The van der Waals surface area contributed by atoms with Crippen LogP contribution in [-0.2, 0) is 12.4 Å². The molecule has 2 heterocycles. The SMILES string of the molecule is N#Cc1c(C(F)(F)F)cc(C(F)(F)F)nc1-n1cccc1C(=O)N(CCO)c1ccc(F)cc1. The molecule has 2 aromatic heterocycles. The number of nitriles is 1. The molecule has 3 aromatic rings. The number of pyridine rings is 1. The van der Waals surface area contributed by atoms with E-state index in [9.17, 15) is 45.9 Å². The summed E-state index contributed by atoms with van der Waals surface area (Å²) in [5.74, 6) is -2.64. The number of benzene rings is 1. The van der Waals surface area contributed by atoms with Gasteiger partial charge in [-0.1, -0.05) is 0 Å². The van der Waals surface area contributed by atoms with E-state index in [1.54, 1.807) is 0 Å². The van der Waals surface area contributed by atoms with Crippen LogP contribution >= 0.6 is 0 Å². The highest BCUT2D eigenvalue weighted by molar-refractivity contribution is 6.05. The Labute approximate surface area is 187 Å². The predicted octanol–water partition coefficient (Wildman–Crippen LogP) is 4.56. The highest BCUT2D eigenvalue weighted by Gasteiger charge is 2.41. The number of hydrogen-bond donors (Lipinski definition) is 1. The minimum atomic E-state index is -5.32. The Bertz CT molecular complexity index is 1240. The maximum Gasteiger partial charge on any atom is 0.433 e. The maximum absolute atomic E-state index is 13.5. The van der Waals surface area contributed by atoms with E-state index < -0.39 is 59.0 Å². The fraction of sp³-hybridized carbons (Fsp3) is 0.190. The first-order valence-corrected chi connectivity index (χ1v) is 9.34. The number of nitrogens with zero attached hydrogens (tertiary/aromatic N) is 4. The van der Waals surface area contributed by atoms with Crippen LogP contribution in [0, 0.1) is 17.1 Å². The standard InChI is InChI=1S/C21H13F7N4O2/c22-12-3-5-13(6-4-12)31(8-9-33)19(34)16-2-1-7-32(16)18-14(11-29)15(20(23,24)25)10-17(30-18)21(26,27)28/h1-7,10,33H,8-9H2. The summed E-state index contributed by atoms with van der Waals surface area (Å²) >= 11 is 0. The molecule has 0 fully saturated rings. The number of halogens is 7. The molecule has 178 valence electrons. The van der Waals surface area contributed by atoms with E-state index in [0.29, 0.717) is 4.57 Å². The molecule has 0 atom stereocenters. The largest absolute Gasteiger partial charge is 0.433 e. The van der Waals surface area contributed by atoms with E-state index in [-0.39, 0.29) is 18.3 Å². The van der Waals surface area contributed by atoms with Crippen molar-refractivity contribution >= 4 is 11.6 Å². The minimum Gasteiger partial charge on any atom is -0.395 e. The van der Waals surface area contributed by atoms with E-state index >= 15 is 0 Å². The van der Waals surface area contributed by atoms with Crippen LogP contribution in [-0.4, -0.2) is 33.7 Å². The van der Waals surface area contributed by atoms with Crippen LogP contribution in [0.15, 0.2) is 48.7 Å². The summed E-state index contributed by atoms with van der Waals surface area (Å²) in [4.78, 5) is 17.3.